The molecule has 0 amide bonds. The summed E-state index contributed by atoms with van der Waals surface area (Å²) in [6, 6.07) is 4.43. The van der Waals surface area contributed by atoms with Crippen molar-refractivity contribution < 1.29 is 19.6 Å². The monoisotopic (exact) mass is 294 g/mol. The summed E-state index contributed by atoms with van der Waals surface area (Å²) in [5.74, 6) is -0.750. The van der Waals surface area contributed by atoms with E-state index in [0.29, 0.717) is 5.56 Å². The Morgan fingerprint density at radius 2 is 2.29 bits per heavy atom. The average Bonchev–Trinajstić information content (AvgIpc) is 3.21. The number of nitro benzene ring substituents is 1. The van der Waals surface area contributed by atoms with Crippen molar-refractivity contribution in [1.82, 2.24) is 5.32 Å². The molecule has 1 atom stereocenters. The normalized spacial score (nSPS) is 15.5. The number of aliphatic carboxylic acids is 1. The van der Waals surface area contributed by atoms with Crippen LogP contribution in [0.25, 0.3) is 0 Å². The van der Waals surface area contributed by atoms with Crippen LogP contribution in [0.1, 0.15) is 24.8 Å². The minimum atomic E-state index is -0.927. The zero-order chi connectivity index (χ0) is 15.4. The summed E-state index contributed by atoms with van der Waals surface area (Å²) < 4.78 is 5.42. The summed E-state index contributed by atoms with van der Waals surface area (Å²) in [5.41, 5.74) is 0.447. The molecular weight excluding hydrogens is 276 g/mol. The number of hydrogen-bond donors (Lipinski definition) is 2. The Morgan fingerprint density at radius 1 is 1.57 bits per heavy atom. The predicted molar refractivity (Wildman–Crippen MR) is 75.5 cm³/mol. The maximum absolute atomic E-state index is 11.1. The van der Waals surface area contributed by atoms with Gasteiger partial charge in [-0.3, -0.25) is 14.9 Å². The summed E-state index contributed by atoms with van der Waals surface area (Å²) in [6.45, 7) is 1.75. The minimum Gasteiger partial charge on any atom is -0.487 e. The maximum atomic E-state index is 11.1. The van der Waals surface area contributed by atoms with E-state index in [4.69, 9.17) is 9.84 Å². The summed E-state index contributed by atoms with van der Waals surface area (Å²) in [7, 11) is 0. The zero-order valence-electron chi connectivity index (χ0n) is 11.7. The van der Waals surface area contributed by atoms with Gasteiger partial charge in [-0.2, -0.15) is 0 Å². The lowest BCUT2D eigenvalue weighted by Crippen LogP contribution is -2.39. The van der Waals surface area contributed by atoms with Gasteiger partial charge >= 0.3 is 11.7 Å². The van der Waals surface area contributed by atoms with Gasteiger partial charge in [0.25, 0.3) is 0 Å². The number of nitro groups is 1. The Kier molecular flexibility index (Phi) is 4.74. The molecule has 7 nitrogen and oxygen atoms in total. The molecule has 0 heterocycles. The van der Waals surface area contributed by atoms with Gasteiger partial charge in [0.1, 0.15) is 6.04 Å². The molecule has 114 valence electrons. The van der Waals surface area contributed by atoms with Gasteiger partial charge in [-0.05, 0) is 25.8 Å². The molecule has 2 rings (SSSR count). The Morgan fingerprint density at radius 3 is 2.86 bits per heavy atom. The minimum absolute atomic E-state index is 0.0699. The maximum Gasteiger partial charge on any atom is 0.320 e. The van der Waals surface area contributed by atoms with Crippen molar-refractivity contribution in [1.29, 1.82) is 0 Å². The van der Waals surface area contributed by atoms with E-state index in [2.05, 4.69) is 5.32 Å². The van der Waals surface area contributed by atoms with Gasteiger partial charge in [0.05, 0.1) is 11.5 Å². The average molecular weight is 294 g/mol. The number of carboxylic acid groups (broad SMARTS) is 1. The lowest BCUT2D eigenvalue weighted by Gasteiger charge is -2.14. The highest BCUT2D eigenvalue weighted by atomic mass is 16.6. The van der Waals surface area contributed by atoms with E-state index in [0.717, 1.165) is 12.8 Å². The molecule has 0 aliphatic heterocycles. The zero-order valence-corrected chi connectivity index (χ0v) is 11.7. The number of nitrogens with zero attached hydrogens (tertiary/aromatic N) is 1. The van der Waals surface area contributed by atoms with Crippen molar-refractivity contribution >= 4 is 11.7 Å². The van der Waals surface area contributed by atoms with E-state index in [1.54, 1.807) is 19.1 Å². The first-order valence-corrected chi connectivity index (χ1v) is 6.84. The summed E-state index contributed by atoms with van der Waals surface area (Å²) in [6.07, 6.45) is 2.25. The first kappa shape index (κ1) is 15.2. The molecule has 1 saturated carbocycles. The highest BCUT2D eigenvalue weighted by Gasteiger charge is 2.28. The third-order valence-corrected chi connectivity index (χ3v) is 3.36. The van der Waals surface area contributed by atoms with Crippen LogP contribution in [0.4, 0.5) is 5.69 Å². The van der Waals surface area contributed by atoms with E-state index >= 15 is 0 Å². The third-order valence-electron chi connectivity index (χ3n) is 3.36. The van der Waals surface area contributed by atoms with Gasteiger partial charge in [0.2, 0.25) is 0 Å². The summed E-state index contributed by atoms with van der Waals surface area (Å²) >= 11 is 0. The molecule has 0 bridgehead atoms. The second kappa shape index (κ2) is 6.53. The van der Waals surface area contributed by atoms with Gasteiger partial charge in [-0.1, -0.05) is 12.1 Å². The van der Waals surface area contributed by atoms with Gasteiger partial charge in [0, 0.05) is 18.0 Å². The number of nitrogens with one attached hydrogen (secondary N) is 1. The number of hydrogen-bond acceptors (Lipinski definition) is 5. The SMILES string of the molecule is Cc1cccc(OCCC(NC2CC2)C(=O)O)c1[N+](=O)[O-]. The lowest BCUT2D eigenvalue weighted by atomic mass is 10.2. The van der Waals surface area contributed by atoms with Crippen molar-refractivity contribution in [3.05, 3.63) is 33.9 Å². The van der Waals surface area contributed by atoms with Crippen LogP contribution in [-0.2, 0) is 4.79 Å². The molecule has 0 aromatic heterocycles. The standard InChI is InChI=1S/C14H18N2O5/c1-9-3-2-4-12(13(9)16(19)20)21-8-7-11(14(17)18)15-10-5-6-10/h2-4,10-11,15H,5-8H2,1H3,(H,17,18). The van der Waals surface area contributed by atoms with Crippen LogP contribution in [0.5, 0.6) is 5.75 Å². The third kappa shape index (κ3) is 4.16. The van der Waals surface area contributed by atoms with Crippen LogP contribution in [0, 0.1) is 17.0 Å². The van der Waals surface area contributed by atoms with E-state index in [9.17, 15) is 14.9 Å². The number of benzene rings is 1. The molecule has 1 aliphatic carbocycles. The fourth-order valence-electron chi connectivity index (χ4n) is 2.08. The molecular formula is C14H18N2O5. The van der Waals surface area contributed by atoms with Gasteiger partial charge in [0.15, 0.2) is 5.75 Å². The molecule has 0 spiro atoms. The first-order valence-electron chi connectivity index (χ1n) is 6.84. The highest BCUT2D eigenvalue weighted by molar-refractivity contribution is 5.73. The number of rotatable bonds is 8. The number of carbonyl (C=O) groups is 1. The van der Waals surface area contributed by atoms with Crippen molar-refractivity contribution in [2.75, 3.05) is 6.61 Å². The quantitative estimate of drug-likeness (QED) is 0.560. The van der Waals surface area contributed by atoms with Crippen LogP contribution < -0.4 is 10.1 Å². The molecule has 0 saturated heterocycles. The van der Waals surface area contributed by atoms with Crippen LogP contribution in [0.15, 0.2) is 18.2 Å². The van der Waals surface area contributed by atoms with Gasteiger partial charge < -0.3 is 15.2 Å². The number of para-hydroxylation sites is 1. The fourth-order valence-corrected chi connectivity index (χ4v) is 2.08. The highest BCUT2D eigenvalue weighted by Crippen LogP contribution is 2.30. The van der Waals surface area contributed by atoms with E-state index in [-0.39, 0.29) is 30.5 Å². The van der Waals surface area contributed by atoms with Crippen molar-refractivity contribution in [2.24, 2.45) is 0 Å². The second-order valence-electron chi connectivity index (χ2n) is 5.15. The first-order chi connectivity index (χ1) is 9.99. The Balaban J connectivity index is 1.94. The van der Waals surface area contributed by atoms with E-state index in [1.165, 1.54) is 6.07 Å². The number of ether oxygens (including phenoxy) is 1. The van der Waals surface area contributed by atoms with Crippen molar-refractivity contribution in [2.45, 2.75) is 38.3 Å². The molecule has 21 heavy (non-hydrogen) atoms. The molecule has 1 aliphatic rings. The predicted octanol–water partition coefficient (Wildman–Crippen LogP) is 1.88. The summed E-state index contributed by atoms with van der Waals surface area (Å²) in [5, 5.41) is 23.1. The van der Waals surface area contributed by atoms with Crippen molar-refractivity contribution in [3.63, 3.8) is 0 Å². The Labute approximate surface area is 122 Å². The van der Waals surface area contributed by atoms with Gasteiger partial charge in [-0.15, -0.1) is 0 Å². The van der Waals surface area contributed by atoms with Crippen LogP contribution in [-0.4, -0.2) is 34.7 Å². The van der Waals surface area contributed by atoms with Crippen molar-refractivity contribution in [3.8, 4) is 5.75 Å². The second-order valence-corrected chi connectivity index (χ2v) is 5.15. The van der Waals surface area contributed by atoms with Crippen LogP contribution >= 0.6 is 0 Å². The molecule has 1 unspecified atom stereocenters. The smallest absolute Gasteiger partial charge is 0.320 e. The largest absolute Gasteiger partial charge is 0.487 e. The Hall–Kier alpha value is -2.15. The number of aryl methyl sites for hydroxylation is 1. The molecule has 1 aromatic rings. The fraction of sp³-hybridized carbons (Fsp3) is 0.500. The summed E-state index contributed by atoms with van der Waals surface area (Å²) in [4.78, 5) is 21.6. The molecule has 2 N–H and O–H groups in total. The van der Waals surface area contributed by atoms with Crippen LogP contribution in [0.3, 0.4) is 0 Å². The Bertz CT molecular complexity index is 542. The topological polar surface area (TPSA) is 102 Å². The lowest BCUT2D eigenvalue weighted by molar-refractivity contribution is -0.386. The molecule has 1 aromatic carbocycles. The van der Waals surface area contributed by atoms with E-state index < -0.39 is 16.9 Å². The van der Waals surface area contributed by atoms with Crippen LogP contribution in [0.2, 0.25) is 0 Å². The molecule has 7 heteroatoms. The number of carboxylic acids is 1. The molecule has 0 radical (unpaired) electrons. The molecule has 1 fully saturated rings. The van der Waals surface area contributed by atoms with E-state index in [1.807, 2.05) is 0 Å². The van der Waals surface area contributed by atoms with Gasteiger partial charge in [-0.25, -0.2) is 0 Å².